The summed E-state index contributed by atoms with van der Waals surface area (Å²) in [5.74, 6) is 0.982. The van der Waals surface area contributed by atoms with Gasteiger partial charge in [-0.3, -0.25) is 9.78 Å². The highest BCUT2D eigenvalue weighted by Gasteiger charge is 2.26. The van der Waals surface area contributed by atoms with Crippen LogP contribution in [-0.2, 0) is 11.2 Å². The summed E-state index contributed by atoms with van der Waals surface area (Å²) in [7, 11) is 0. The number of pyridine rings is 1. The number of thiazole rings is 1. The molecule has 1 fully saturated rings. The molecule has 0 aromatic carbocycles. The van der Waals surface area contributed by atoms with E-state index in [-0.39, 0.29) is 11.8 Å². The van der Waals surface area contributed by atoms with Gasteiger partial charge in [-0.25, -0.2) is 15.0 Å². The molecule has 1 aliphatic heterocycles. The Balaban J connectivity index is 1.39. The fourth-order valence-electron chi connectivity index (χ4n) is 3.83. The number of hydrogen-bond donors (Lipinski definition) is 1. The number of aromatic nitrogens is 4. The number of nitrogens with one attached hydrogen (secondary N) is 1. The molecule has 0 bridgehead atoms. The van der Waals surface area contributed by atoms with Gasteiger partial charge in [-0.05, 0) is 51.8 Å². The van der Waals surface area contributed by atoms with Crippen molar-refractivity contribution in [1.82, 2.24) is 24.8 Å². The lowest BCUT2D eigenvalue weighted by Crippen LogP contribution is -2.40. The van der Waals surface area contributed by atoms with Crippen LogP contribution in [0.3, 0.4) is 0 Å². The van der Waals surface area contributed by atoms with Crippen LogP contribution in [0.15, 0.2) is 29.8 Å². The van der Waals surface area contributed by atoms with Crippen molar-refractivity contribution in [3.8, 4) is 0 Å². The van der Waals surface area contributed by atoms with E-state index >= 15 is 0 Å². The molecule has 1 N–H and O–H groups in total. The molecule has 0 saturated carbocycles. The molecule has 7 nitrogen and oxygen atoms in total. The number of rotatable bonds is 5. The number of carbonyl (C=O) groups excluding carboxylic acids is 1. The second-order valence-electron chi connectivity index (χ2n) is 7.78. The summed E-state index contributed by atoms with van der Waals surface area (Å²) in [6.07, 6.45) is 4.22. The molecule has 1 saturated heterocycles. The summed E-state index contributed by atoms with van der Waals surface area (Å²) in [6.45, 7) is 7.38. The first-order valence-electron chi connectivity index (χ1n) is 10.2. The Morgan fingerprint density at radius 3 is 2.67 bits per heavy atom. The van der Waals surface area contributed by atoms with Crippen LogP contribution in [0.5, 0.6) is 0 Å². The molecule has 3 aromatic heterocycles. The van der Waals surface area contributed by atoms with Gasteiger partial charge in [0.1, 0.15) is 0 Å². The molecule has 0 aliphatic carbocycles. The van der Waals surface area contributed by atoms with Crippen molar-refractivity contribution >= 4 is 28.9 Å². The average molecular weight is 423 g/mol. The summed E-state index contributed by atoms with van der Waals surface area (Å²) in [5.41, 5.74) is 4.59. The van der Waals surface area contributed by atoms with Crippen LogP contribution in [0, 0.1) is 20.8 Å². The molecule has 4 rings (SSSR count). The number of anilines is 2. The number of amides is 1. The van der Waals surface area contributed by atoms with E-state index in [1.54, 1.807) is 11.3 Å². The minimum atomic E-state index is 0.148. The van der Waals surface area contributed by atoms with Gasteiger partial charge in [-0.2, -0.15) is 0 Å². The minimum Gasteiger partial charge on any atom is -0.342 e. The fraction of sp³-hybridized carbons (Fsp3) is 0.409. The Morgan fingerprint density at radius 1 is 1.20 bits per heavy atom. The number of nitrogens with zero attached hydrogens (tertiary/aromatic N) is 5. The SMILES string of the molecule is Cc1cc(C)nc(Nc2ccc([C@@H]3CCCN(C(=O)Cc4csc(C)n4)C3)nc2)n1. The van der Waals surface area contributed by atoms with Gasteiger partial charge < -0.3 is 10.2 Å². The minimum absolute atomic E-state index is 0.148. The largest absolute Gasteiger partial charge is 0.342 e. The molecule has 4 heterocycles. The van der Waals surface area contributed by atoms with Crippen LogP contribution in [0.4, 0.5) is 11.6 Å². The Labute approximate surface area is 180 Å². The van der Waals surface area contributed by atoms with Crippen molar-refractivity contribution in [2.24, 2.45) is 0 Å². The molecule has 1 aliphatic rings. The molecule has 3 aromatic rings. The van der Waals surface area contributed by atoms with E-state index in [4.69, 9.17) is 0 Å². The highest BCUT2D eigenvalue weighted by molar-refractivity contribution is 7.09. The Kier molecular flexibility index (Phi) is 6.03. The number of piperidine rings is 1. The molecule has 1 amide bonds. The van der Waals surface area contributed by atoms with Gasteiger partial charge in [-0.15, -0.1) is 11.3 Å². The highest BCUT2D eigenvalue weighted by atomic mass is 32.1. The first-order valence-corrected chi connectivity index (χ1v) is 11.1. The van der Waals surface area contributed by atoms with Crippen LogP contribution in [-0.4, -0.2) is 43.8 Å². The van der Waals surface area contributed by atoms with E-state index in [0.717, 1.165) is 52.9 Å². The molecule has 156 valence electrons. The van der Waals surface area contributed by atoms with Crippen molar-refractivity contribution in [3.63, 3.8) is 0 Å². The Bertz CT molecular complexity index is 1010. The smallest absolute Gasteiger partial charge is 0.228 e. The van der Waals surface area contributed by atoms with Crippen LogP contribution < -0.4 is 5.32 Å². The van der Waals surface area contributed by atoms with E-state index in [0.29, 0.717) is 18.9 Å². The van der Waals surface area contributed by atoms with Gasteiger partial charge in [0.05, 0.1) is 29.0 Å². The summed E-state index contributed by atoms with van der Waals surface area (Å²) < 4.78 is 0. The molecule has 0 radical (unpaired) electrons. The molecular weight excluding hydrogens is 396 g/mol. The second-order valence-corrected chi connectivity index (χ2v) is 8.85. The highest BCUT2D eigenvalue weighted by Crippen LogP contribution is 2.27. The van der Waals surface area contributed by atoms with Gasteiger partial charge in [0.25, 0.3) is 0 Å². The van der Waals surface area contributed by atoms with E-state index in [1.807, 2.05) is 55.4 Å². The summed E-state index contributed by atoms with van der Waals surface area (Å²) in [4.78, 5) is 32.6. The van der Waals surface area contributed by atoms with E-state index < -0.39 is 0 Å². The van der Waals surface area contributed by atoms with Crippen LogP contribution in [0.2, 0.25) is 0 Å². The van der Waals surface area contributed by atoms with Crippen molar-refractivity contribution in [1.29, 1.82) is 0 Å². The zero-order chi connectivity index (χ0) is 21.1. The van der Waals surface area contributed by atoms with Crippen molar-refractivity contribution < 1.29 is 4.79 Å². The van der Waals surface area contributed by atoms with Crippen LogP contribution in [0.1, 0.15) is 46.5 Å². The second kappa shape index (κ2) is 8.87. The lowest BCUT2D eigenvalue weighted by Gasteiger charge is -2.32. The maximum absolute atomic E-state index is 12.7. The van der Waals surface area contributed by atoms with Gasteiger partial charge in [0.15, 0.2) is 0 Å². The molecule has 0 unspecified atom stereocenters. The number of aryl methyl sites for hydroxylation is 3. The summed E-state index contributed by atoms with van der Waals surface area (Å²) >= 11 is 1.59. The van der Waals surface area contributed by atoms with Crippen LogP contribution in [0.25, 0.3) is 0 Å². The molecule has 30 heavy (non-hydrogen) atoms. The standard InChI is InChI=1S/C22H26N6OS/c1-14-9-15(2)25-22(24-14)27-18-6-7-20(23-11-18)17-5-4-8-28(12-17)21(29)10-19-13-30-16(3)26-19/h6-7,9,11,13,17H,4-5,8,10,12H2,1-3H3,(H,24,25,27)/t17-/m1/s1. The Morgan fingerprint density at radius 2 is 2.00 bits per heavy atom. The van der Waals surface area contributed by atoms with Crippen molar-refractivity contribution in [3.05, 3.63) is 57.6 Å². The summed E-state index contributed by atoms with van der Waals surface area (Å²) in [5, 5.41) is 6.19. The monoisotopic (exact) mass is 422 g/mol. The third kappa shape index (κ3) is 4.99. The third-order valence-corrected chi connectivity index (χ3v) is 6.04. The maximum atomic E-state index is 12.7. The molecule has 1 atom stereocenters. The van der Waals surface area contributed by atoms with E-state index in [2.05, 4.69) is 25.3 Å². The maximum Gasteiger partial charge on any atom is 0.228 e. The molecule has 0 spiro atoms. The normalized spacial score (nSPS) is 16.5. The van der Waals surface area contributed by atoms with Crippen LogP contribution >= 0.6 is 11.3 Å². The van der Waals surface area contributed by atoms with Gasteiger partial charge in [0.2, 0.25) is 11.9 Å². The topological polar surface area (TPSA) is 83.9 Å². The van der Waals surface area contributed by atoms with Crippen molar-refractivity contribution in [2.75, 3.05) is 18.4 Å². The lowest BCUT2D eigenvalue weighted by atomic mass is 9.94. The quantitative estimate of drug-likeness (QED) is 0.670. The fourth-order valence-corrected chi connectivity index (χ4v) is 4.45. The third-order valence-electron chi connectivity index (χ3n) is 5.22. The number of likely N-dealkylation sites (tertiary alicyclic amines) is 1. The van der Waals surface area contributed by atoms with Gasteiger partial charge >= 0.3 is 0 Å². The first-order chi connectivity index (χ1) is 14.5. The van der Waals surface area contributed by atoms with Crippen molar-refractivity contribution in [2.45, 2.75) is 46.0 Å². The molecule has 8 heteroatoms. The molecular formula is C22H26N6OS. The average Bonchev–Trinajstić information content (AvgIpc) is 3.12. The predicted octanol–water partition coefficient (Wildman–Crippen LogP) is 3.95. The van der Waals surface area contributed by atoms with Gasteiger partial charge in [-0.1, -0.05) is 0 Å². The van der Waals surface area contributed by atoms with E-state index in [1.165, 1.54) is 0 Å². The number of hydrogen-bond acceptors (Lipinski definition) is 7. The summed E-state index contributed by atoms with van der Waals surface area (Å²) in [6, 6.07) is 5.98. The number of carbonyl (C=O) groups is 1. The lowest BCUT2D eigenvalue weighted by molar-refractivity contribution is -0.131. The van der Waals surface area contributed by atoms with E-state index in [9.17, 15) is 4.79 Å². The van der Waals surface area contributed by atoms with Gasteiger partial charge in [0, 0.05) is 41.5 Å². The first kappa shape index (κ1) is 20.4. The Hall–Kier alpha value is -2.87. The zero-order valence-electron chi connectivity index (χ0n) is 17.6. The predicted molar refractivity (Wildman–Crippen MR) is 118 cm³/mol. The zero-order valence-corrected chi connectivity index (χ0v) is 18.4.